The first-order valence-corrected chi connectivity index (χ1v) is 9.65. The lowest BCUT2D eigenvalue weighted by Crippen LogP contribution is -2.15. The summed E-state index contributed by atoms with van der Waals surface area (Å²) in [5.41, 5.74) is -0.345. The highest BCUT2D eigenvalue weighted by Crippen LogP contribution is 2.28. The van der Waals surface area contributed by atoms with Crippen LogP contribution in [0.15, 0.2) is 70.2 Å². The van der Waals surface area contributed by atoms with Crippen molar-refractivity contribution in [2.45, 2.75) is 4.90 Å². The summed E-state index contributed by atoms with van der Waals surface area (Å²) in [7, 11) is -4.12. The fraction of sp³-hybridized carbons (Fsp3) is 0. The third kappa shape index (κ3) is 4.57. The van der Waals surface area contributed by atoms with Crippen molar-refractivity contribution in [1.82, 2.24) is 9.97 Å². The molecule has 0 bridgehead atoms. The van der Waals surface area contributed by atoms with E-state index in [9.17, 15) is 18.5 Å². The van der Waals surface area contributed by atoms with Crippen molar-refractivity contribution < 1.29 is 18.1 Å². The summed E-state index contributed by atoms with van der Waals surface area (Å²) >= 11 is 3.24. The number of anilines is 1. The van der Waals surface area contributed by atoms with Gasteiger partial charge in [0.2, 0.25) is 11.8 Å². The molecule has 0 aliphatic rings. The van der Waals surface area contributed by atoms with E-state index in [0.717, 1.165) is 6.07 Å². The van der Waals surface area contributed by atoms with Gasteiger partial charge in [0.1, 0.15) is 5.75 Å². The molecular formula is C16H11BrN4O5S. The zero-order valence-electron chi connectivity index (χ0n) is 13.4. The second kappa shape index (κ2) is 7.68. The zero-order chi connectivity index (χ0) is 19.4. The molecule has 2 aromatic carbocycles. The number of ether oxygens (including phenoxy) is 1. The normalized spacial score (nSPS) is 11.0. The van der Waals surface area contributed by atoms with Crippen LogP contribution < -0.4 is 9.46 Å². The van der Waals surface area contributed by atoms with Crippen LogP contribution in [-0.4, -0.2) is 23.3 Å². The molecular weight excluding hydrogens is 440 g/mol. The van der Waals surface area contributed by atoms with Gasteiger partial charge in [-0.2, -0.15) is 4.98 Å². The predicted molar refractivity (Wildman–Crippen MR) is 100 cm³/mol. The van der Waals surface area contributed by atoms with Crippen molar-refractivity contribution in [1.29, 1.82) is 0 Å². The van der Waals surface area contributed by atoms with Crippen LogP contribution in [0.1, 0.15) is 0 Å². The van der Waals surface area contributed by atoms with Gasteiger partial charge in [0, 0.05) is 12.1 Å². The van der Waals surface area contributed by atoms with Gasteiger partial charge in [-0.05, 0) is 34.1 Å². The molecule has 11 heteroatoms. The van der Waals surface area contributed by atoms with Gasteiger partial charge in [0.25, 0.3) is 15.7 Å². The van der Waals surface area contributed by atoms with Crippen LogP contribution in [-0.2, 0) is 10.0 Å². The van der Waals surface area contributed by atoms with Gasteiger partial charge < -0.3 is 4.74 Å². The Labute approximate surface area is 162 Å². The molecule has 1 aromatic heterocycles. The van der Waals surface area contributed by atoms with Crippen LogP contribution in [0.2, 0.25) is 0 Å². The quantitative estimate of drug-likeness (QED) is 0.447. The van der Waals surface area contributed by atoms with Gasteiger partial charge >= 0.3 is 0 Å². The summed E-state index contributed by atoms with van der Waals surface area (Å²) in [6.07, 6.45) is 1.33. The summed E-state index contributed by atoms with van der Waals surface area (Å²) in [6.45, 7) is 0. The minimum absolute atomic E-state index is 0.105. The minimum atomic E-state index is -4.12. The second-order valence-electron chi connectivity index (χ2n) is 5.12. The summed E-state index contributed by atoms with van der Waals surface area (Å²) in [6, 6.07) is 13.4. The molecule has 3 rings (SSSR count). The molecule has 0 atom stereocenters. The average Bonchev–Trinajstić information content (AvgIpc) is 2.65. The number of hydrogen-bond acceptors (Lipinski definition) is 7. The maximum absolute atomic E-state index is 12.5. The summed E-state index contributed by atoms with van der Waals surface area (Å²) in [5, 5.41) is 10.8. The Hall–Kier alpha value is -3.05. The molecule has 3 aromatic rings. The number of hydrogen-bond donors (Lipinski definition) is 1. The predicted octanol–water partition coefficient (Wildman–Crippen LogP) is 3.74. The molecule has 0 spiro atoms. The third-order valence-corrected chi connectivity index (χ3v) is 5.10. The summed E-state index contributed by atoms with van der Waals surface area (Å²) in [5.74, 6) is 0.368. The highest BCUT2D eigenvalue weighted by molar-refractivity contribution is 9.10. The van der Waals surface area contributed by atoms with Gasteiger partial charge in [-0.15, -0.1) is 0 Å². The first-order valence-electron chi connectivity index (χ1n) is 7.38. The van der Waals surface area contributed by atoms with E-state index in [2.05, 4.69) is 30.6 Å². The van der Waals surface area contributed by atoms with Crippen LogP contribution >= 0.6 is 15.9 Å². The van der Waals surface area contributed by atoms with E-state index >= 15 is 0 Å². The Bertz CT molecular complexity index is 1090. The first-order chi connectivity index (χ1) is 12.8. The number of non-ortho nitro benzene ring substituents is 1. The molecule has 0 saturated carbocycles. The fourth-order valence-corrected chi connectivity index (χ4v) is 3.28. The smallest absolute Gasteiger partial charge is 0.270 e. The number of sulfonamides is 1. The van der Waals surface area contributed by atoms with Crippen LogP contribution in [0.5, 0.6) is 11.6 Å². The second-order valence-corrected chi connectivity index (χ2v) is 7.66. The topological polar surface area (TPSA) is 124 Å². The van der Waals surface area contributed by atoms with E-state index in [1.54, 1.807) is 24.3 Å². The summed E-state index contributed by atoms with van der Waals surface area (Å²) < 4.78 is 33.1. The van der Waals surface area contributed by atoms with Crippen LogP contribution in [0, 0.1) is 10.1 Å². The number of benzene rings is 2. The van der Waals surface area contributed by atoms with Gasteiger partial charge in [-0.3, -0.25) is 10.1 Å². The molecule has 0 amide bonds. The van der Waals surface area contributed by atoms with E-state index in [1.165, 1.54) is 24.4 Å². The van der Waals surface area contributed by atoms with E-state index in [1.807, 2.05) is 6.07 Å². The average molecular weight is 451 g/mol. The molecule has 0 radical (unpaired) electrons. The third-order valence-electron chi connectivity index (χ3n) is 3.23. The van der Waals surface area contributed by atoms with E-state index in [0.29, 0.717) is 10.2 Å². The molecule has 1 heterocycles. The molecule has 9 nitrogen and oxygen atoms in total. The monoisotopic (exact) mass is 450 g/mol. The molecule has 27 heavy (non-hydrogen) atoms. The van der Waals surface area contributed by atoms with E-state index in [4.69, 9.17) is 4.74 Å². The van der Waals surface area contributed by atoms with Crippen molar-refractivity contribution in [3.05, 3.63) is 75.4 Å². The number of rotatable bonds is 6. The largest absolute Gasteiger partial charge is 0.438 e. The van der Waals surface area contributed by atoms with Crippen molar-refractivity contribution in [2.24, 2.45) is 0 Å². The number of para-hydroxylation sites is 1. The molecule has 0 saturated heterocycles. The fourth-order valence-electron chi connectivity index (χ4n) is 2.02. The number of aromatic nitrogens is 2. The van der Waals surface area contributed by atoms with E-state index in [-0.39, 0.29) is 22.4 Å². The lowest BCUT2D eigenvalue weighted by molar-refractivity contribution is -0.385. The van der Waals surface area contributed by atoms with Crippen molar-refractivity contribution in [2.75, 3.05) is 4.72 Å². The zero-order valence-corrected chi connectivity index (χ0v) is 15.8. The SMILES string of the molecule is O=[N+]([O-])c1cccc(S(=O)(=O)Nc2ncc(Br)c(Oc3ccccc3)n2)c1. The Morgan fingerprint density at radius 2 is 1.85 bits per heavy atom. The van der Waals surface area contributed by atoms with Crippen LogP contribution in [0.4, 0.5) is 11.6 Å². The molecule has 0 aliphatic carbocycles. The highest BCUT2D eigenvalue weighted by atomic mass is 79.9. The highest BCUT2D eigenvalue weighted by Gasteiger charge is 2.20. The molecule has 138 valence electrons. The van der Waals surface area contributed by atoms with Gasteiger partial charge in [0.15, 0.2) is 0 Å². The maximum Gasteiger partial charge on any atom is 0.270 e. The molecule has 0 aliphatic heterocycles. The number of nitrogens with one attached hydrogen (secondary N) is 1. The Morgan fingerprint density at radius 1 is 1.11 bits per heavy atom. The number of nitrogens with zero attached hydrogens (tertiary/aromatic N) is 3. The Balaban J connectivity index is 1.88. The van der Waals surface area contributed by atoms with Crippen LogP contribution in [0.3, 0.4) is 0 Å². The Morgan fingerprint density at radius 3 is 2.56 bits per heavy atom. The molecule has 0 fully saturated rings. The number of nitro groups is 1. The lowest BCUT2D eigenvalue weighted by Gasteiger charge is -2.10. The van der Waals surface area contributed by atoms with Crippen LogP contribution in [0.25, 0.3) is 0 Å². The lowest BCUT2D eigenvalue weighted by atomic mass is 10.3. The summed E-state index contributed by atoms with van der Waals surface area (Å²) in [4.78, 5) is 17.8. The van der Waals surface area contributed by atoms with Gasteiger partial charge in [0.05, 0.1) is 20.5 Å². The standard InChI is InChI=1S/C16H11BrN4O5S/c17-14-10-18-16(19-15(14)26-12-6-2-1-3-7-12)20-27(24,25)13-8-4-5-11(9-13)21(22)23/h1-10H,(H,18,19,20). The maximum atomic E-state index is 12.5. The van der Waals surface area contributed by atoms with Gasteiger partial charge in [-0.1, -0.05) is 24.3 Å². The molecule has 1 N–H and O–H groups in total. The van der Waals surface area contributed by atoms with Gasteiger partial charge in [-0.25, -0.2) is 18.1 Å². The van der Waals surface area contributed by atoms with Crippen molar-refractivity contribution in [3.8, 4) is 11.6 Å². The van der Waals surface area contributed by atoms with E-state index < -0.39 is 14.9 Å². The van der Waals surface area contributed by atoms with Crippen molar-refractivity contribution >= 4 is 37.6 Å². The minimum Gasteiger partial charge on any atom is -0.438 e. The number of halogens is 1. The van der Waals surface area contributed by atoms with Crippen molar-refractivity contribution in [3.63, 3.8) is 0 Å². The number of nitro benzene ring substituents is 1. The molecule has 0 unspecified atom stereocenters. The Kier molecular flexibility index (Phi) is 5.33. The first kappa shape index (κ1) is 18.7.